The van der Waals surface area contributed by atoms with Crippen LogP contribution in [-0.2, 0) is 9.63 Å². The lowest BCUT2D eigenvalue weighted by atomic mass is 10.1. The van der Waals surface area contributed by atoms with E-state index in [4.69, 9.17) is 0 Å². The molecule has 0 saturated carbocycles. The fraction of sp³-hybridized carbons (Fsp3) is 0.800. The van der Waals surface area contributed by atoms with Crippen molar-refractivity contribution in [2.45, 2.75) is 38.3 Å². The van der Waals surface area contributed by atoms with Crippen molar-refractivity contribution in [3.05, 3.63) is 10.1 Å². The van der Waals surface area contributed by atoms with E-state index in [1.807, 2.05) is 6.92 Å². The molecule has 1 saturated heterocycles. The standard InChI is InChI=1S/C10H17N3O5S/c1-2-3-4-7(5-18-13(16)17)11-9(14)8-6-19-10(15)12-8/h7-8H,2-6H2,1H3,(H,11,14)(H,12,15)/t7-,8-/m0/s1. The largest absolute Gasteiger partial charge is 0.350 e. The third-order valence-electron chi connectivity index (χ3n) is 2.62. The highest BCUT2D eigenvalue weighted by atomic mass is 32.2. The molecule has 0 aromatic rings. The number of nitrogens with one attached hydrogen (secondary N) is 2. The Morgan fingerprint density at radius 2 is 2.47 bits per heavy atom. The van der Waals surface area contributed by atoms with E-state index in [0.717, 1.165) is 24.6 Å². The molecule has 9 heteroatoms. The minimum atomic E-state index is -0.877. The summed E-state index contributed by atoms with van der Waals surface area (Å²) in [5.41, 5.74) is 0. The van der Waals surface area contributed by atoms with E-state index >= 15 is 0 Å². The van der Waals surface area contributed by atoms with E-state index in [1.54, 1.807) is 0 Å². The van der Waals surface area contributed by atoms with Crippen LogP contribution in [0.3, 0.4) is 0 Å². The van der Waals surface area contributed by atoms with Crippen LogP contribution < -0.4 is 10.6 Å². The molecule has 0 aliphatic carbocycles. The van der Waals surface area contributed by atoms with Crippen LogP contribution in [0.15, 0.2) is 0 Å². The fourth-order valence-corrected chi connectivity index (χ4v) is 2.40. The minimum absolute atomic E-state index is 0.174. The number of rotatable bonds is 8. The first-order valence-corrected chi connectivity index (χ1v) is 7.02. The topological polar surface area (TPSA) is 111 Å². The minimum Gasteiger partial charge on any atom is -0.350 e. The van der Waals surface area contributed by atoms with Crippen LogP contribution in [0.1, 0.15) is 26.2 Å². The number of unbranched alkanes of at least 4 members (excludes halogenated alkanes) is 1. The summed E-state index contributed by atoms with van der Waals surface area (Å²) in [5, 5.41) is 14.3. The van der Waals surface area contributed by atoms with Gasteiger partial charge in [0.15, 0.2) is 0 Å². The summed E-state index contributed by atoms with van der Waals surface area (Å²) in [4.78, 5) is 37.3. The SMILES string of the molecule is CCCC[C@@H](CO[N+](=O)[O-])NC(=O)[C@@H]1CSC(=O)N1. The molecule has 2 N–H and O–H groups in total. The van der Waals surface area contributed by atoms with Crippen LogP contribution in [0, 0.1) is 10.1 Å². The molecule has 0 spiro atoms. The molecular formula is C10H17N3O5S. The summed E-state index contributed by atoms with van der Waals surface area (Å²) >= 11 is 1.05. The number of amides is 2. The zero-order chi connectivity index (χ0) is 14.3. The van der Waals surface area contributed by atoms with Crippen molar-refractivity contribution < 1.29 is 19.5 Å². The molecule has 1 rings (SSSR count). The zero-order valence-corrected chi connectivity index (χ0v) is 11.4. The van der Waals surface area contributed by atoms with Gasteiger partial charge < -0.3 is 15.5 Å². The molecule has 0 unspecified atom stereocenters. The lowest BCUT2D eigenvalue weighted by Gasteiger charge is -2.19. The highest BCUT2D eigenvalue weighted by Gasteiger charge is 2.29. The van der Waals surface area contributed by atoms with Gasteiger partial charge in [-0.05, 0) is 6.42 Å². The molecule has 19 heavy (non-hydrogen) atoms. The Kier molecular flexibility index (Phi) is 6.40. The van der Waals surface area contributed by atoms with Crippen molar-refractivity contribution in [3.63, 3.8) is 0 Å². The van der Waals surface area contributed by atoms with Crippen LogP contribution in [0.25, 0.3) is 0 Å². The Hall–Kier alpha value is -1.51. The molecular weight excluding hydrogens is 274 g/mol. The third kappa shape index (κ3) is 5.77. The average Bonchev–Trinajstić information content (AvgIpc) is 2.79. The maximum atomic E-state index is 11.8. The number of nitrogens with zero attached hydrogens (tertiary/aromatic N) is 1. The maximum absolute atomic E-state index is 11.8. The van der Waals surface area contributed by atoms with Gasteiger partial charge in [0.05, 0.1) is 6.04 Å². The molecule has 0 aromatic carbocycles. The first-order chi connectivity index (χ1) is 9.02. The van der Waals surface area contributed by atoms with Crippen molar-refractivity contribution in [2.75, 3.05) is 12.4 Å². The first-order valence-electron chi connectivity index (χ1n) is 6.04. The van der Waals surface area contributed by atoms with Crippen LogP contribution >= 0.6 is 11.8 Å². The van der Waals surface area contributed by atoms with Gasteiger partial charge in [-0.1, -0.05) is 31.5 Å². The predicted octanol–water partition coefficient (Wildman–Crippen LogP) is 0.695. The molecule has 0 aromatic heterocycles. The number of thioether (sulfide) groups is 1. The number of carbonyl (C=O) groups excluding carboxylic acids is 2. The third-order valence-corrected chi connectivity index (χ3v) is 3.50. The Bertz CT molecular complexity index is 352. The molecule has 0 bridgehead atoms. The number of hydrogen-bond donors (Lipinski definition) is 2. The second-order valence-corrected chi connectivity index (χ2v) is 5.16. The Morgan fingerprint density at radius 3 is 3.00 bits per heavy atom. The monoisotopic (exact) mass is 291 g/mol. The van der Waals surface area contributed by atoms with Gasteiger partial charge in [0, 0.05) is 5.75 Å². The summed E-state index contributed by atoms with van der Waals surface area (Å²) in [6.45, 7) is 1.81. The number of carbonyl (C=O) groups is 2. The summed E-state index contributed by atoms with van der Waals surface area (Å²) in [6, 6.07) is -0.988. The second-order valence-electron chi connectivity index (χ2n) is 4.16. The van der Waals surface area contributed by atoms with Gasteiger partial charge >= 0.3 is 0 Å². The molecule has 2 amide bonds. The Balaban J connectivity index is 2.43. The van der Waals surface area contributed by atoms with E-state index in [9.17, 15) is 19.7 Å². The summed E-state index contributed by atoms with van der Waals surface area (Å²) in [7, 11) is 0. The van der Waals surface area contributed by atoms with Crippen LogP contribution in [0.2, 0.25) is 0 Å². The van der Waals surface area contributed by atoms with Crippen LogP contribution in [-0.4, -0.2) is 40.7 Å². The van der Waals surface area contributed by atoms with Crippen LogP contribution in [0.5, 0.6) is 0 Å². The maximum Gasteiger partial charge on any atom is 0.294 e. The van der Waals surface area contributed by atoms with Crippen LogP contribution in [0.4, 0.5) is 4.79 Å². The molecule has 1 aliphatic rings. The van der Waals surface area contributed by atoms with Crippen molar-refractivity contribution in [2.24, 2.45) is 0 Å². The van der Waals surface area contributed by atoms with Gasteiger partial charge in [-0.25, -0.2) is 0 Å². The van der Waals surface area contributed by atoms with Crippen molar-refractivity contribution >= 4 is 22.9 Å². The lowest BCUT2D eigenvalue weighted by molar-refractivity contribution is -0.758. The van der Waals surface area contributed by atoms with E-state index in [2.05, 4.69) is 15.5 Å². The van der Waals surface area contributed by atoms with Gasteiger partial charge in [-0.3, -0.25) is 9.59 Å². The summed E-state index contributed by atoms with van der Waals surface area (Å²) in [5.74, 6) is 0.0488. The fourth-order valence-electron chi connectivity index (χ4n) is 1.63. The molecule has 1 aliphatic heterocycles. The molecule has 8 nitrogen and oxygen atoms in total. The van der Waals surface area contributed by atoms with E-state index in [1.165, 1.54) is 0 Å². The molecule has 1 heterocycles. The lowest BCUT2D eigenvalue weighted by Crippen LogP contribution is -2.48. The Morgan fingerprint density at radius 1 is 1.74 bits per heavy atom. The van der Waals surface area contributed by atoms with Gasteiger partial charge in [0.1, 0.15) is 12.6 Å². The van der Waals surface area contributed by atoms with Gasteiger partial charge in [-0.2, -0.15) is 0 Å². The van der Waals surface area contributed by atoms with E-state index in [0.29, 0.717) is 12.2 Å². The van der Waals surface area contributed by atoms with Crippen molar-refractivity contribution in [1.82, 2.24) is 10.6 Å². The molecule has 108 valence electrons. The second kappa shape index (κ2) is 7.82. The zero-order valence-electron chi connectivity index (χ0n) is 10.6. The van der Waals surface area contributed by atoms with Gasteiger partial charge in [-0.15, -0.1) is 10.1 Å². The smallest absolute Gasteiger partial charge is 0.294 e. The predicted molar refractivity (Wildman–Crippen MR) is 69.2 cm³/mol. The Labute approximate surface area is 114 Å². The van der Waals surface area contributed by atoms with Gasteiger partial charge in [0.25, 0.3) is 10.3 Å². The average molecular weight is 291 g/mol. The normalized spacial score (nSPS) is 19.6. The highest BCUT2D eigenvalue weighted by Crippen LogP contribution is 2.13. The number of hydrogen-bond acceptors (Lipinski definition) is 6. The van der Waals surface area contributed by atoms with E-state index < -0.39 is 17.2 Å². The highest BCUT2D eigenvalue weighted by molar-refractivity contribution is 8.14. The van der Waals surface area contributed by atoms with Crippen molar-refractivity contribution in [3.8, 4) is 0 Å². The summed E-state index contributed by atoms with van der Waals surface area (Å²) in [6.07, 6.45) is 2.35. The first kappa shape index (κ1) is 15.5. The summed E-state index contributed by atoms with van der Waals surface area (Å²) < 4.78 is 0. The molecule has 0 radical (unpaired) electrons. The molecule has 1 fully saturated rings. The van der Waals surface area contributed by atoms with Gasteiger partial charge in [0.2, 0.25) is 5.91 Å². The quantitative estimate of drug-likeness (QED) is 0.503. The molecule has 2 atom stereocenters. The van der Waals surface area contributed by atoms with Crippen molar-refractivity contribution in [1.29, 1.82) is 0 Å². The van der Waals surface area contributed by atoms with E-state index in [-0.39, 0.29) is 17.8 Å².